The van der Waals surface area contributed by atoms with Crippen molar-refractivity contribution in [3.8, 4) is 11.3 Å². The molecule has 3 saturated carbocycles. The number of aliphatic hydroxyl groups excluding tert-OH is 2. The second kappa shape index (κ2) is 17.8. The summed E-state index contributed by atoms with van der Waals surface area (Å²) in [5.41, 5.74) is 4.68. The van der Waals surface area contributed by atoms with Gasteiger partial charge in [0.1, 0.15) is 23.7 Å². The number of imidazole rings is 2. The fourth-order valence-electron chi connectivity index (χ4n) is 11.8. The van der Waals surface area contributed by atoms with Crippen molar-refractivity contribution < 1.29 is 29.4 Å². The topological polar surface area (TPSA) is 203 Å². The van der Waals surface area contributed by atoms with Crippen LogP contribution in [-0.4, -0.2) is 137 Å². The Hall–Kier alpha value is -4.96. The highest BCUT2D eigenvalue weighted by Gasteiger charge is 2.51. The number of hydrogen-bond acceptors (Lipinski definition) is 8. The van der Waals surface area contributed by atoms with Crippen LogP contribution in [0.4, 0.5) is 9.59 Å². The molecule has 3 aliphatic carbocycles. The molecule has 2 bridgehead atoms. The van der Waals surface area contributed by atoms with Crippen molar-refractivity contribution in [2.75, 3.05) is 39.3 Å². The van der Waals surface area contributed by atoms with Crippen LogP contribution in [0.2, 0.25) is 0 Å². The largest absolute Gasteiger partial charge is 0.391 e. The molecule has 64 heavy (non-hydrogen) atoms. The van der Waals surface area contributed by atoms with Crippen molar-refractivity contribution in [3.63, 3.8) is 0 Å². The Morgan fingerprint density at radius 1 is 0.641 bits per heavy atom. The molecule has 4 saturated heterocycles. The number of benzene rings is 1. The summed E-state index contributed by atoms with van der Waals surface area (Å²) in [5, 5.41) is 25.8. The Labute approximate surface area is 376 Å². The molecule has 1 aromatic carbocycles. The predicted molar refractivity (Wildman–Crippen MR) is 240 cm³/mol. The maximum atomic E-state index is 14.1. The maximum absolute atomic E-state index is 14.1. The van der Waals surface area contributed by atoms with Crippen LogP contribution in [0, 0.1) is 11.8 Å². The van der Waals surface area contributed by atoms with Crippen LogP contribution < -0.4 is 10.6 Å². The van der Waals surface area contributed by atoms with Gasteiger partial charge in [0, 0.05) is 56.6 Å². The van der Waals surface area contributed by atoms with Gasteiger partial charge in [0.15, 0.2) is 0 Å². The van der Waals surface area contributed by atoms with Crippen molar-refractivity contribution in [2.24, 2.45) is 11.8 Å². The zero-order valence-corrected chi connectivity index (χ0v) is 38.0. The quantitative estimate of drug-likeness (QED) is 0.149. The smallest absolute Gasteiger partial charge is 0.318 e. The molecular formula is C48H68N10O6. The number of hydrogen-bond donors (Lipinski definition) is 6. The third kappa shape index (κ3) is 8.40. The summed E-state index contributed by atoms with van der Waals surface area (Å²) in [4.78, 5) is 78.0. The highest BCUT2D eigenvalue weighted by atomic mass is 16.3. The number of β-amino-alcohol motifs (C(OH)–C–C–N with tert-alkyl or cyclic N) is 2. The van der Waals surface area contributed by atoms with E-state index in [1.54, 1.807) is 9.80 Å². The lowest BCUT2D eigenvalue weighted by atomic mass is 9.51. The number of fused-ring (bicyclic) bond motifs is 3. The number of aromatic nitrogens is 4. The van der Waals surface area contributed by atoms with Crippen LogP contribution in [-0.2, 0) is 20.4 Å². The molecule has 7 aliphatic rings. The van der Waals surface area contributed by atoms with E-state index >= 15 is 0 Å². The molecule has 2 aromatic heterocycles. The molecule has 10 rings (SSSR count). The van der Waals surface area contributed by atoms with Crippen LogP contribution in [0.25, 0.3) is 11.3 Å². The van der Waals surface area contributed by atoms with Crippen molar-refractivity contribution >= 4 is 23.9 Å². The lowest BCUT2D eigenvalue weighted by Gasteiger charge is -2.53. The summed E-state index contributed by atoms with van der Waals surface area (Å²) in [5.74, 6) is 1.22. The van der Waals surface area contributed by atoms with Crippen LogP contribution in [0.5, 0.6) is 0 Å². The highest BCUT2D eigenvalue weighted by Crippen LogP contribution is 2.58. The summed E-state index contributed by atoms with van der Waals surface area (Å²) in [6.07, 6.45) is 13.8. The Bertz CT molecular complexity index is 2160. The molecule has 6 N–H and O–H groups in total. The molecule has 0 radical (unpaired) electrons. The number of nitrogens with zero attached hydrogens (tertiary/aromatic N) is 6. The Balaban J connectivity index is 0.818. The van der Waals surface area contributed by atoms with Crippen molar-refractivity contribution in [1.82, 2.24) is 50.2 Å². The standard InChI is InChI=1S/C48H68N10O6/c1-29(2)39(53-45(63)55-23-13-33(59)27-55)43(61)57-21-5-7-36(57)41-49-25-35(51-41)31-9-11-32(12-10-31)47-15-18-48(19-16-47,20-17-47)38-26-50-42(52-38)37-8-6-22-58(37)44(62)40(30(3)4)54-46(64)56-24-14-34(60)28-56/h9-12,25-26,29-30,33-34,36-37,39-40,59-60H,5-8,13-24,27-28H2,1-4H3,(H,49,51)(H,50,52)(H,53,63)(H,54,64)/t33-,34-,36+,37+,39+,40+,47?,48?/m1/s1. The summed E-state index contributed by atoms with van der Waals surface area (Å²) < 4.78 is 0. The molecule has 4 aliphatic heterocycles. The number of rotatable bonds is 11. The first-order chi connectivity index (χ1) is 30.7. The van der Waals surface area contributed by atoms with E-state index in [1.807, 2.05) is 49.9 Å². The van der Waals surface area contributed by atoms with Gasteiger partial charge >= 0.3 is 12.1 Å². The van der Waals surface area contributed by atoms with E-state index in [0.717, 1.165) is 87.1 Å². The number of H-pyrrole nitrogens is 2. The number of aliphatic hydroxyl groups is 2. The van der Waals surface area contributed by atoms with E-state index in [9.17, 15) is 29.4 Å². The molecule has 16 heteroatoms. The number of carbonyl (C=O) groups excluding carboxylic acids is 4. The van der Waals surface area contributed by atoms with E-state index in [4.69, 9.17) is 9.97 Å². The number of carbonyl (C=O) groups is 4. The van der Waals surface area contributed by atoms with Gasteiger partial charge in [-0.3, -0.25) is 9.59 Å². The molecule has 0 spiro atoms. The minimum Gasteiger partial charge on any atom is -0.391 e. The van der Waals surface area contributed by atoms with Crippen LogP contribution >= 0.6 is 0 Å². The Kier molecular flexibility index (Phi) is 12.3. The van der Waals surface area contributed by atoms with Gasteiger partial charge in [-0.05, 0) is 105 Å². The van der Waals surface area contributed by atoms with Gasteiger partial charge in [-0.1, -0.05) is 52.0 Å². The molecule has 6 amide bonds. The summed E-state index contributed by atoms with van der Waals surface area (Å²) in [6.45, 7) is 10.6. The van der Waals surface area contributed by atoms with Gasteiger partial charge in [-0.2, -0.15) is 0 Å². The normalized spacial score (nSPS) is 29.0. The number of aromatic amines is 2. The van der Waals surface area contributed by atoms with Crippen molar-refractivity contribution in [2.45, 2.75) is 152 Å². The van der Waals surface area contributed by atoms with Crippen LogP contribution in [0.15, 0.2) is 36.7 Å². The maximum Gasteiger partial charge on any atom is 0.318 e. The SMILES string of the molecule is CC(C)[C@H](NC(=O)N1CC[C@@H](O)C1)C(=O)N1CCC[C@H]1c1ncc(-c2ccc(C34CCC(c5cnc([C@@H]6CCCN6C(=O)[C@@H](NC(=O)N6CC[C@@H](O)C6)C(C)C)[nH]5)(CC3)CC4)cc2)[nH]1. The second-order valence-corrected chi connectivity index (χ2v) is 20.5. The Morgan fingerprint density at radius 3 is 1.58 bits per heavy atom. The first kappa shape index (κ1) is 44.3. The van der Waals surface area contributed by atoms with Crippen molar-refractivity contribution in [3.05, 3.63) is 59.6 Å². The average Bonchev–Trinajstić information content (AvgIpc) is 4.16. The number of nitrogens with one attached hydrogen (secondary N) is 4. The second-order valence-electron chi connectivity index (χ2n) is 20.5. The van der Waals surface area contributed by atoms with E-state index < -0.39 is 24.3 Å². The molecule has 6 atom stereocenters. The van der Waals surface area contributed by atoms with Crippen LogP contribution in [0.3, 0.4) is 0 Å². The summed E-state index contributed by atoms with van der Waals surface area (Å²) >= 11 is 0. The minimum absolute atomic E-state index is 0.0369. The van der Waals surface area contributed by atoms with E-state index in [0.29, 0.717) is 45.6 Å². The van der Waals surface area contributed by atoms with E-state index in [-0.39, 0.29) is 65.2 Å². The third-order valence-electron chi connectivity index (χ3n) is 15.8. The molecule has 3 aromatic rings. The van der Waals surface area contributed by atoms with Gasteiger partial charge in [0.25, 0.3) is 0 Å². The fourth-order valence-corrected chi connectivity index (χ4v) is 11.8. The van der Waals surface area contributed by atoms with Gasteiger partial charge in [0.2, 0.25) is 11.8 Å². The Morgan fingerprint density at radius 2 is 1.11 bits per heavy atom. The van der Waals surface area contributed by atoms with Crippen LogP contribution in [0.1, 0.15) is 140 Å². The molecule has 6 heterocycles. The molecule has 0 unspecified atom stereocenters. The lowest BCUT2D eigenvalue weighted by molar-refractivity contribution is -0.136. The molecule has 346 valence electrons. The third-order valence-corrected chi connectivity index (χ3v) is 15.8. The summed E-state index contributed by atoms with van der Waals surface area (Å²) in [7, 11) is 0. The first-order valence-corrected chi connectivity index (χ1v) is 24.0. The zero-order chi connectivity index (χ0) is 44.9. The zero-order valence-electron chi connectivity index (χ0n) is 38.0. The molecular weight excluding hydrogens is 813 g/mol. The molecule has 16 nitrogen and oxygen atoms in total. The monoisotopic (exact) mass is 881 g/mol. The van der Waals surface area contributed by atoms with E-state index in [2.05, 4.69) is 44.9 Å². The lowest BCUT2D eigenvalue weighted by Crippen LogP contribution is -2.54. The number of likely N-dealkylation sites (tertiary alicyclic amines) is 4. The minimum atomic E-state index is -0.669. The fraction of sp³-hybridized carbons (Fsp3) is 0.667. The van der Waals surface area contributed by atoms with Crippen molar-refractivity contribution in [1.29, 1.82) is 0 Å². The highest BCUT2D eigenvalue weighted by molar-refractivity contribution is 5.88. The van der Waals surface area contributed by atoms with Gasteiger partial charge in [-0.15, -0.1) is 0 Å². The van der Waals surface area contributed by atoms with E-state index in [1.165, 1.54) is 11.3 Å². The molecule has 7 fully saturated rings. The van der Waals surface area contributed by atoms with Gasteiger partial charge in [-0.25, -0.2) is 19.6 Å². The number of amides is 6. The van der Waals surface area contributed by atoms with Gasteiger partial charge < -0.3 is 50.4 Å². The average molecular weight is 881 g/mol. The summed E-state index contributed by atoms with van der Waals surface area (Å²) in [6, 6.07) is 6.68. The number of urea groups is 2. The first-order valence-electron chi connectivity index (χ1n) is 24.0. The van der Waals surface area contributed by atoms with Gasteiger partial charge in [0.05, 0.1) is 36.2 Å². The predicted octanol–water partition coefficient (Wildman–Crippen LogP) is 5.27.